The molecule has 0 aromatic heterocycles. The molecule has 0 aliphatic carbocycles. The van der Waals surface area contributed by atoms with Crippen LogP contribution in [0.5, 0.6) is 0 Å². The number of rotatable bonds is 4. The topological polar surface area (TPSA) is 71.1 Å². The summed E-state index contributed by atoms with van der Waals surface area (Å²) in [6.45, 7) is 5.73. The van der Waals surface area contributed by atoms with Crippen molar-refractivity contribution >= 4 is 5.84 Å². The highest BCUT2D eigenvalue weighted by molar-refractivity contribution is 5.80. The van der Waals surface area contributed by atoms with Crippen LogP contribution in [0.1, 0.15) is 26.2 Å². The molecule has 1 atom stereocenters. The van der Waals surface area contributed by atoms with Gasteiger partial charge in [0.05, 0.1) is 6.61 Å². The molecule has 1 saturated heterocycles. The standard InChI is InChI=1S/C10H21N3O2/c1-2-9(8-10(11)12-14)13-4-3-6-15-7-5-13/h9,14H,2-8H2,1H3,(H2,11,12). The maximum absolute atomic E-state index is 8.55. The summed E-state index contributed by atoms with van der Waals surface area (Å²) in [5, 5.41) is 11.6. The Hall–Kier alpha value is -0.810. The first kappa shape index (κ1) is 12.3. The van der Waals surface area contributed by atoms with Crippen molar-refractivity contribution in [2.75, 3.05) is 26.3 Å². The van der Waals surface area contributed by atoms with Crippen molar-refractivity contribution in [3.05, 3.63) is 0 Å². The third-order valence-corrected chi connectivity index (χ3v) is 2.82. The average molecular weight is 215 g/mol. The summed E-state index contributed by atoms with van der Waals surface area (Å²) < 4.78 is 5.40. The lowest BCUT2D eigenvalue weighted by Crippen LogP contribution is -2.39. The predicted octanol–water partition coefficient (Wildman–Crippen LogP) is 0.624. The first-order chi connectivity index (χ1) is 7.27. The first-order valence-electron chi connectivity index (χ1n) is 5.56. The fourth-order valence-corrected chi connectivity index (χ4v) is 1.94. The molecule has 0 aromatic rings. The quantitative estimate of drug-likeness (QED) is 0.312. The van der Waals surface area contributed by atoms with Crippen molar-refractivity contribution in [3.63, 3.8) is 0 Å². The van der Waals surface area contributed by atoms with E-state index in [0.717, 1.165) is 39.1 Å². The highest BCUT2D eigenvalue weighted by Gasteiger charge is 2.19. The zero-order chi connectivity index (χ0) is 11.1. The van der Waals surface area contributed by atoms with Crippen LogP contribution in [0.15, 0.2) is 5.16 Å². The molecule has 1 unspecified atom stereocenters. The van der Waals surface area contributed by atoms with E-state index in [-0.39, 0.29) is 0 Å². The highest BCUT2D eigenvalue weighted by atomic mass is 16.5. The molecule has 88 valence electrons. The molecular formula is C10H21N3O2. The molecule has 0 amide bonds. The lowest BCUT2D eigenvalue weighted by Gasteiger charge is -2.28. The molecule has 0 radical (unpaired) electrons. The maximum Gasteiger partial charge on any atom is 0.140 e. The van der Waals surface area contributed by atoms with Crippen molar-refractivity contribution in [3.8, 4) is 0 Å². The number of hydrogen-bond acceptors (Lipinski definition) is 4. The van der Waals surface area contributed by atoms with Gasteiger partial charge in [-0.15, -0.1) is 0 Å². The molecule has 1 aliphatic rings. The minimum Gasteiger partial charge on any atom is -0.409 e. The third kappa shape index (κ3) is 4.05. The fraction of sp³-hybridized carbons (Fsp3) is 0.900. The van der Waals surface area contributed by atoms with E-state index in [1.807, 2.05) is 0 Å². The minimum atomic E-state index is 0.312. The fourth-order valence-electron chi connectivity index (χ4n) is 1.94. The average Bonchev–Trinajstić information content (AvgIpc) is 2.54. The van der Waals surface area contributed by atoms with Gasteiger partial charge >= 0.3 is 0 Å². The van der Waals surface area contributed by atoms with Gasteiger partial charge in [-0.1, -0.05) is 12.1 Å². The van der Waals surface area contributed by atoms with Gasteiger partial charge in [-0.3, -0.25) is 4.90 Å². The molecule has 1 fully saturated rings. The monoisotopic (exact) mass is 215 g/mol. The third-order valence-electron chi connectivity index (χ3n) is 2.82. The first-order valence-corrected chi connectivity index (χ1v) is 5.56. The summed E-state index contributed by atoms with van der Waals surface area (Å²) in [6, 6.07) is 0.364. The van der Waals surface area contributed by atoms with Crippen molar-refractivity contribution in [1.29, 1.82) is 0 Å². The molecule has 1 aliphatic heterocycles. The SMILES string of the molecule is CCC(CC(N)=NO)N1CCCOCC1. The molecule has 5 nitrogen and oxygen atoms in total. The van der Waals surface area contributed by atoms with Crippen LogP contribution in [0.3, 0.4) is 0 Å². The number of nitrogens with two attached hydrogens (primary N) is 1. The van der Waals surface area contributed by atoms with Crippen molar-refractivity contribution in [2.24, 2.45) is 10.9 Å². The summed E-state index contributed by atoms with van der Waals surface area (Å²) in [5.74, 6) is 0.312. The molecule has 0 saturated carbocycles. The summed E-state index contributed by atoms with van der Waals surface area (Å²) in [6.07, 6.45) is 2.70. The summed E-state index contributed by atoms with van der Waals surface area (Å²) >= 11 is 0. The minimum absolute atomic E-state index is 0.312. The van der Waals surface area contributed by atoms with Crippen molar-refractivity contribution < 1.29 is 9.94 Å². The second-order valence-corrected chi connectivity index (χ2v) is 3.86. The lowest BCUT2D eigenvalue weighted by molar-refractivity contribution is 0.131. The van der Waals surface area contributed by atoms with E-state index >= 15 is 0 Å². The summed E-state index contributed by atoms with van der Waals surface area (Å²) in [5.41, 5.74) is 5.54. The zero-order valence-corrected chi connectivity index (χ0v) is 9.35. The molecule has 0 spiro atoms. The Morgan fingerprint density at radius 1 is 1.53 bits per heavy atom. The van der Waals surface area contributed by atoms with Gasteiger partial charge in [-0.2, -0.15) is 0 Å². The Bertz CT molecular complexity index is 201. The van der Waals surface area contributed by atoms with Gasteiger partial charge < -0.3 is 15.7 Å². The zero-order valence-electron chi connectivity index (χ0n) is 9.35. The molecule has 0 bridgehead atoms. The molecule has 1 heterocycles. The Kier molecular flexibility index (Phi) is 5.42. The molecular weight excluding hydrogens is 194 g/mol. The van der Waals surface area contributed by atoms with Crippen LogP contribution in [0.2, 0.25) is 0 Å². The van der Waals surface area contributed by atoms with Crippen LogP contribution in [-0.4, -0.2) is 48.3 Å². The maximum atomic E-state index is 8.55. The predicted molar refractivity (Wildman–Crippen MR) is 59.1 cm³/mol. The molecule has 15 heavy (non-hydrogen) atoms. The van der Waals surface area contributed by atoms with Gasteiger partial charge in [0.1, 0.15) is 5.84 Å². The van der Waals surface area contributed by atoms with E-state index in [1.165, 1.54) is 0 Å². The van der Waals surface area contributed by atoms with Crippen LogP contribution in [0.25, 0.3) is 0 Å². The Morgan fingerprint density at radius 2 is 2.33 bits per heavy atom. The smallest absolute Gasteiger partial charge is 0.140 e. The Balaban J connectivity index is 2.47. The Labute approximate surface area is 90.9 Å². The Morgan fingerprint density at radius 3 is 3.00 bits per heavy atom. The van der Waals surface area contributed by atoms with E-state index in [9.17, 15) is 0 Å². The van der Waals surface area contributed by atoms with Gasteiger partial charge in [-0.25, -0.2) is 0 Å². The van der Waals surface area contributed by atoms with Crippen LogP contribution in [0.4, 0.5) is 0 Å². The van der Waals surface area contributed by atoms with Gasteiger partial charge in [-0.05, 0) is 12.8 Å². The number of nitrogens with zero attached hydrogens (tertiary/aromatic N) is 2. The molecule has 3 N–H and O–H groups in total. The van der Waals surface area contributed by atoms with E-state index < -0.39 is 0 Å². The van der Waals surface area contributed by atoms with Crippen LogP contribution >= 0.6 is 0 Å². The molecule has 1 rings (SSSR count). The number of hydrogen-bond donors (Lipinski definition) is 2. The molecule has 5 heteroatoms. The lowest BCUT2D eigenvalue weighted by atomic mass is 10.1. The summed E-state index contributed by atoms with van der Waals surface area (Å²) in [4.78, 5) is 2.37. The van der Waals surface area contributed by atoms with Crippen LogP contribution in [-0.2, 0) is 4.74 Å². The number of ether oxygens (including phenoxy) is 1. The number of oxime groups is 1. The van der Waals surface area contributed by atoms with Gasteiger partial charge in [0.25, 0.3) is 0 Å². The second-order valence-electron chi connectivity index (χ2n) is 3.86. The highest BCUT2D eigenvalue weighted by Crippen LogP contribution is 2.11. The van der Waals surface area contributed by atoms with E-state index in [0.29, 0.717) is 18.3 Å². The summed E-state index contributed by atoms with van der Waals surface area (Å²) in [7, 11) is 0. The molecule has 0 aromatic carbocycles. The van der Waals surface area contributed by atoms with E-state index in [4.69, 9.17) is 15.7 Å². The van der Waals surface area contributed by atoms with Gasteiger partial charge in [0, 0.05) is 32.2 Å². The number of amidine groups is 1. The largest absolute Gasteiger partial charge is 0.409 e. The second kappa shape index (κ2) is 6.63. The van der Waals surface area contributed by atoms with Crippen LogP contribution in [0, 0.1) is 0 Å². The van der Waals surface area contributed by atoms with Gasteiger partial charge in [0.2, 0.25) is 0 Å². The van der Waals surface area contributed by atoms with Crippen molar-refractivity contribution in [2.45, 2.75) is 32.2 Å². The van der Waals surface area contributed by atoms with E-state index in [1.54, 1.807) is 0 Å². The van der Waals surface area contributed by atoms with Crippen LogP contribution < -0.4 is 5.73 Å². The van der Waals surface area contributed by atoms with Gasteiger partial charge in [0.15, 0.2) is 0 Å². The van der Waals surface area contributed by atoms with E-state index in [2.05, 4.69) is 17.0 Å². The normalized spacial score (nSPS) is 22.3. The van der Waals surface area contributed by atoms with Crippen molar-refractivity contribution in [1.82, 2.24) is 4.90 Å².